The van der Waals surface area contributed by atoms with E-state index in [-0.39, 0.29) is 5.91 Å². The van der Waals surface area contributed by atoms with Crippen LogP contribution in [0.2, 0.25) is 0 Å². The van der Waals surface area contributed by atoms with Gasteiger partial charge in [0.2, 0.25) is 0 Å². The molecule has 98 valence electrons. The minimum Gasteiger partial charge on any atom is -0.373 e. The minimum atomic E-state index is -0.174. The first-order chi connectivity index (χ1) is 9.26. The van der Waals surface area contributed by atoms with Gasteiger partial charge in [-0.2, -0.15) is 0 Å². The molecular formula is C13H14N4OS. The fraction of sp³-hybridized carbons (Fsp3) is 0.308. The zero-order valence-electron chi connectivity index (χ0n) is 10.5. The van der Waals surface area contributed by atoms with Crippen molar-refractivity contribution >= 4 is 28.2 Å². The van der Waals surface area contributed by atoms with Crippen LogP contribution < -0.4 is 10.6 Å². The Morgan fingerprint density at radius 2 is 2.26 bits per heavy atom. The second-order valence-electron chi connectivity index (χ2n) is 4.49. The molecule has 2 heterocycles. The maximum Gasteiger partial charge on any atom is 0.259 e. The predicted molar refractivity (Wildman–Crippen MR) is 75.8 cm³/mol. The monoisotopic (exact) mass is 274 g/mol. The van der Waals surface area contributed by atoms with Crippen molar-refractivity contribution in [1.29, 1.82) is 0 Å². The van der Waals surface area contributed by atoms with Crippen molar-refractivity contribution in [1.82, 2.24) is 9.97 Å². The lowest BCUT2D eigenvalue weighted by atomic mass is 10.2. The number of aromatic nitrogens is 2. The second-order valence-corrected chi connectivity index (χ2v) is 5.35. The molecule has 1 saturated carbocycles. The van der Waals surface area contributed by atoms with Crippen LogP contribution in [-0.4, -0.2) is 22.9 Å². The van der Waals surface area contributed by atoms with Gasteiger partial charge in [-0.25, -0.2) is 9.97 Å². The Morgan fingerprint density at radius 3 is 2.89 bits per heavy atom. The molecule has 0 saturated heterocycles. The fourth-order valence-corrected chi connectivity index (χ4v) is 2.54. The Bertz CT molecular complexity index is 589. The lowest BCUT2D eigenvalue weighted by Crippen LogP contribution is -2.12. The first-order valence-electron chi connectivity index (χ1n) is 6.17. The number of carbonyl (C=O) groups excluding carboxylic acids is 1. The topological polar surface area (TPSA) is 66.9 Å². The van der Waals surface area contributed by atoms with E-state index in [1.165, 1.54) is 24.2 Å². The zero-order chi connectivity index (χ0) is 13.2. The molecule has 1 aliphatic carbocycles. The molecular weight excluding hydrogens is 260 g/mol. The Balaban J connectivity index is 1.68. The van der Waals surface area contributed by atoms with Gasteiger partial charge in [-0.3, -0.25) is 10.1 Å². The molecule has 0 aliphatic heterocycles. The van der Waals surface area contributed by atoms with Crippen LogP contribution in [0, 0.1) is 0 Å². The highest BCUT2D eigenvalue weighted by Crippen LogP contribution is 2.40. The van der Waals surface area contributed by atoms with Gasteiger partial charge in [0.15, 0.2) is 5.13 Å². The summed E-state index contributed by atoms with van der Waals surface area (Å²) >= 11 is 1.47. The zero-order valence-corrected chi connectivity index (χ0v) is 11.3. The number of thiazole rings is 1. The number of carbonyl (C=O) groups is 1. The third kappa shape index (κ3) is 2.73. The smallest absolute Gasteiger partial charge is 0.259 e. The van der Waals surface area contributed by atoms with Crippen LogP contribution in [0.5, 0.6) is 0 Å². The molecule has 0 aromatic carbocycles. The molecule has 0 bridgehead atoms. The summed E-state index contributed by atoms with van der Waals surface area (Å²) in [5.74, 6) is 1.17. The number of rotatable bonds is 4. The van der Waals surface area contributed by atoms with E-state index in [0.29, 0.717) is 16.6 Å². The quantitative estimate of drug-likeness (QED) is 0.899. The molecule has 1 aliphatic rings. The van der Waals surface area contributed by atoms with Crippen molar-refractivity contribution in [3.05, 3.63) is 35.0 Å². The summed E-state index contributed by atoms with van der Waals surface area (Å²) in [6.07, 6.45) is 3.98. The van der Waals surface area contributed by atoms with Gasteiger partial charge in [-0.05, 0) is 25.0 Å². The molecule has 0 atom stereocenters. The third-order valence-corrected chi connectivity index (χ3v) is 3.80. The summed E-state index contributed by atoms with van der Waals surface area (Å²) < 4.78 is 0. The van der Waals surface area contributed by atoms with Crippen molar-refractivity contribution in [2.24, 2.45) is 0 Å². The van der Waals surface area contributed by atoms with Crippen LogP contribution in [0.1, 0.15) is 34.8 Å². The highest BCUT2D eigenvalue weighted by Gasteiger charge is 2.26. The van der Waals surface area contributed by atoms with E-state index in [2.05, 4.69) is 20.6 Å². The lowest BCUT2D eigenvalue weighted by Gasteiger charge is -2.02. The maximum atomic E-state index is 12.0. The molecule has 19 heavy (non-hydrogen) atoms. The van der Waals surface area contributed by atoms with Crippen LogP contribution in [0.15, 0.2) is 23.7 Å². The number of nitrogens with one attached hydrogen (secondary N) is 2. The molecule has 2 aromatic heterocycles. The van der Waals surface area contributed by atoms with Crippen LogP contribution >= 0.6 is 11.3 Å². The number of amides is 1. The molecule has 3 rings (SSSR count). The van der Waals surface area contributed by atoms with E-state index in [1.54, 1.807) is 25.4 Å². The van der Waals surface area contributed by atoms with Gasteiger partial charge in [-0.15, -0.1) is 11.3 Å². The second kappa shape index (κ2) is 4.97. The van der Waals surface area contributed by atoms with E-state index < -0.39 is 0 Å². The Hall–Kier alpha value is -1.95. The summed E-state index contributed by atoms with van der Waals surface area (Å²) in [6, 6.07) is 3.51. The van der Waals surface area contributed by atoms with E-state index in [9.17, 15) is 4.79 Å². The predicted octanol–water partition coefficient (Wildman–Crippen LogP) is 2.71. The van der Waals surface area contributed by atoms with Crippen molar-refractivity contribution < 1.29 is 4.79 Å². The SMILES string of the molecule is CNc1ccc(C(=O)Nc2nc(C3CC3)cs2)cn1. The van der Waals surface area contributed by atoms with Gasteiger partial charge in [-0.1, -0.05) is 0 Å². The largest absolute Gasteiger partial charge is 0.373 e. The molecule has 0 unspecified atom stereocenters. The van der Waals surface area contributed by atoms with Gasteiger partial charge < -0.3 is 5.32 Å². The summed E-state index contributed by atoms with van der Waals surface area (Å²) in [5.41, 5.74) is 1.63. The Labute approximate surface area is 115 Å². The lowest BCUT2D eigenvalue weighted by molar-refractivity contribution is 0.102. The fourth-order valence-electron chi connectivity index (χ4n) is 1.76. The van der Waals surface area contributed by atoms with Gasteiger partial charge in [0.25, 0.3) is 5.91 Å². The first-order valence-corrected chi connectivity index (χ1v) is 7.05. The van der Waals surface area contributed by atoms with Gasteiger partial charge in [0, 0.05) is 24.5 Å². The summed E-state index contributed by atoms with van der Waals surface area (Å²) in [6.45, 7) is 0. The van der Waals surface area contributed by atoms with Crippen molar-refractivity contribution in [2.45, 2.75) is 18.8 Å². The number of hydrogen-bond acceptors (Lipinski definition) is 5. The van der Waals surface area contributed by atoms with Gasteiger partial charge >= 0.3 is 0 Å². The first kappa shape index (κ1) is 12.1. The summed E-state index contributed by atoms with van der Waals surface area (Å²) in [7, 11) is 1.79. The van der Waals surface area contributed by atoms with E-state index in [4.69, 9.17) is 0 Å². The molecule has 0 spiro atoms. The van der Waals surface area contributed by atoms with E-state index >= 15 is 0 Å². The van der Waals surface area contributed by atoms with Gasteiger partial charge in [0.05, 0.1) is 11.3 Å². The molecule has 0 radical (unpaired) electrons. The van der Waals surface area contributed by atoms with Crippen molar-refractivity contribution in [3.63, 3.8) is 0 Å². The average Bonchev–Trinajstić information content (AvgIpc) is 3.20. The van der Waals surface area contributed by atoms with Crippen LogP contribution in [0.25, 0.3) is 0 Å². The summed E-state index contributed by atoms with van der Waals surface area (Å²) in [5, 5.41) is 8.40. The van der Waals surface area contributed by atoms with Crippen molar-refractivity contribution in [3.8, 4) is 0 Å². The van der Waals surface area contributed by atoms with Crippen molar-refractivity contribution in [2.75, 3.05) is 17.7 Å². The normalized spacial score (nSPS) is 14.2. The van der Waals surface area contributed by atoms with E-state index in [0.717, 1.165) is 11.5 Å². The average molecular weight is 274 g/mol. The molecule has 1 fully saturated rings. The number of anilines is 2. The number of pyridine rings is 1. The molecule has 2 N–H and O–H groups in total. The maximum absolute atomic E-state index is 12.0. The standard InChI is InChI=1S/C13H14N4OS/c1-14-11-5-4-9(6-15-11)12(18)17-13-16-10(7-19-13)8-2-3-8/h4-8H,2-3H2,1H3,(H,14,15)(H,16,17,18). The molecule has 5 nitrogen and oxygen atoms in total. The number of hydrogen-bond donors (Lipinski definition) is 2. The highest BCUT2D eigenvalue weighted by molar-refractivity contribution is 7.14. The molecule has 1 amide bonds. The minimum absolute atomic E-state index is 0.174. The Morgan fingerprint density at radius 1 is 1.42 bits per heavy atom. The Kier molecular flexibility index (Phi) is 3.16. The van der Waals surface area contributed by atoms with Gasteiger partial charge in [0.1, 0.15) is 5.82 Å². The number of nitrogens with zero attached hydrogens (tertiary/aromatic N) is 2. The van der Waals surface area contributed by atoms with Crippen LogP contribution in [-0.2, 0) is 0 Å². The third-order valence-electron chi connectivity index (χ3n) is 3.02. The molecule has 6 heteroatoms. The van der Waals surface area contributed by atoms with Crippen LogP contribution in [0.4, 0.5) is 10.9 Å². The highest BCUT2D eigenvalue weighted by atomic mass is 32.1. The van der Waals surface area contributed by atoms with Crippen LogP contribution in [0.3, 0.4) is 0 Å². The van der Waals surface area contributed by atoms with E-state index in [1.807, 2.05) is 5.38 Å². The molecule has 2 aromatic rings. The summed E-state index contributed by atoms with van der Waals surface area (Å²) in [4.78, 5) is 20.5.